The first-order valence-electron chi connectivity index (χ1n) is 4.60. The van der Waals surface area contributed by atoms with Gasteiger partial charge in [0.1, 0.15) is 0 Å². The third kappa shape index (κ3) is 6.32. The normalized spacial score (nSPS) is 16.4. The second kappa shape index (κ2) is 6.62. The van der Waals surface area contributed by atoms with Crippen LogP contribution in [0.3, 0.4) is 0 Å². The lowest BCUT2D eigenvalue weighted by atomic mass is 10.2. The van der Waals surface area contributed by atoms with Crippen LogP contribution in [0.1, 0.15) is 40.0 Å². The highest BCUT2D eigenvalue weighted by Gasteiger charge is 2.05. The Hall–Kier alpha value is -0.0800. The number of hydrogen-bond acceptors (Lipinski definition) is 2. The van der Waals surface area contributed by atoms with Gasteiger partial charge < -0.3 is 10.4 Å². The molecule has 0 spiro atoms. The summed E-state index contributed by atoms with van der Waals surface area (Å²) in [7, 11) is 0. The van der Waals surface area contributed by atoms with Crippen molar-refractivity contribution in [1.82, 2.24) is 5.32 Å². The minimum Gasteiger partial charge on any atom is -0.392 e. The first kappa shape index (κ1) is 10.9. The average Bonchev–Trinajstić information content (AvgIpc) is 1.97. The summed E-state index contributed by atoms with van der Waals surface area (Å²) in [5.41, 5.74) is 0. The van der Waals surface area contributed by atoms with Gasteiger partial charge in [0, 0.05) is 6.04 Å². The minimum atomic E-state index is -0.239. The van der Waals surface area contributed by atoms with Crippen molar-refractivity contribution in [3.63, 3.8) is 0 Å². The molecule has 0 amide bonds. The van der Waals surface area contributed by atoms with E-state index in [0.29, 0.717) is 0 Å². The van der Waals surface area contributed by atoms with Crippen LogP contribution < -0.4 is 5.32 Å². The molecule has 2 N–H and O–H groups in total. The molecule has 0 aliphatic carbocycles. The first-order valence-corrected chi connectivity index (χ1v) is 4.60. The molecule has 0 saturated carbocycles. The molecule has 0 heterocycles. The zero-order valence-corrected chi connectivity index (χ0v) is 7.93. The van der Waals surface area contributed by atoms with E-state index in [1.807, 2.05) is 13.8 Å². The van der Waals surface area contributed by atoms with Crippen molar-refractivity contribution in [2.45, 2.75) is 52.2 Å². The van der Waals surface area contributed by atoms with E-state index in [0.717, 1.165) is 6.54 Å². The van der Waals surface area contributed by atoms with Gasteiger partial charge in [0.15, 0.2) is 0 Å². The summed E-state index contributed by atoms with van der Waals surface area (Å²) in [6.07, 6.45) is 3.51. The van der Waals surface area contributed by atoms with Crippen LogP contribution in [0, 0.1) is 0 Å². The van der Waals surface area contributed by atoms with E-state index in [-0.39, 0.29) is 12.1 Å². The molecule has 0 aliphatic heterocycles. The van der Waals surface area contributed by atoms with Crippen LogP contribution in [-0.2, 0) is 0 Å². The van der Waals surface area contributed by atoms with Crippen LogP contribution in [0.15, 0.2) is 0 Å². The Balaban J connectivity index is 3.10. The smallest absolute Gasteiger partial charge is 0.0662 e. The Morgan fingerprint density at radius 3 is 2.36 bits per heavy atom. The summed E-state index contributed by atoms with van der Waals surface area (Å²) in [6.45, 7) is 7.05. The second-order valence-electron chi connectivity index (χ2n) is 3.19. The van der Waals surface area contributed by atoms with Crippen molar-refractivity contribution in [3.8, 4) is 0 Å². The van der Waals surface area contributed by atoms with Gasteiger partial charge in [-0.05, 0) is 26.8 Å². The fourth-order valence-corrected chi connectivity index (χ4v) is 0.875. The maximum absolute atomic E-state index is 9.11. The molecule has 2 nitrogen and oxygen atoms in total. The lowest BCUT2D eigenvalue weighted by molar-refractivity contribution is 0.153. The Labute approximate surface area is 70.0 Å². The molecule has 0 fully saturated rings. The van der Waals surface area contributed by atoms with Crippen LogP contribution in [0.4, 0.5) is 0 Å². The predicted octanol–water partition coefficient (Wildman–Crippen LogP) is 1.54. The number of aliphatic hydroxyl groups is 1. The molecule has 0 aliphatic rings. The molecule has 1 unspecified atom stereocenters. The number of aliphatic hydroxyl groups excluding tert-OH is 1. The monoisotopic (exact) mass is 159 g/mol. The van der Waals surface area contributed by atoms with E-state index in [4.69, 9.17) is 5.11 Å². The predicted molar refractivity (Wildman–Crippen MR) is 48.7 cm³/mol. The first-order chi connectivity index (χ1) is 5.18. The van der Waals surface area contributed by atoms with E-state index < -0.39 is 0 Å². The van der Waals surface area contributed by atoms with Crippen LogP contribution in [-0.4, -0.2) is 23.8 Å². The third-order valence-corrected chi connectivity index (χ3v) is 1.97. The lowest BCUT2D eigenvalue weighted by Gasteiger charge is -2.15. The van der Waals surface area contributed by atoms with Crippen molar-refractivity contribution in [1.29, 1.82) is 0 Å². The van der Waals surface area contributed by atoms with E-state index >= 15 is 0 Å². The Kier molecular flexibility index (Phi) is 6.57. The molecule has 2 heteroatoms. The molecule has 0 bridgehead atoms. The second-order valence-corrected chi connectivity index (χ2v) is 3.19. The van der Waals surface area contributed by atoms with Crippen molar-refractivity contribution in [2.75, 3.05) is 6.54 Å². The van der Waals surface area contributed by atoms with Gasteiger partial charge in [-0.2, -0.15) is 0 Å². The number of hydrogen-bond donors (Lipinski definition) is 2. The Morgan fingerprint density at radius 1 is 1.27 bits per heavy atom. The number of nitrogens with one attached hydrogen (secondary N) is 1. The van der Waals surface area contributed by atoms with Gasteiger partial charge >= 0.3 is 0 Å². The minimum absolute atomic E-state index is 0.229. The summed E-state index contributed by atoms with van der Waals surface area (Å²) in [6, 6.07) is 0.229. The number of rotatable bonds is 6. The van der Waals surface area contributed by atoms with Crippen LogP contribution in [0.5, 0.6) is 0 Å². The molecule has 0 rings (SSSR count). The molecule has 0 aromatic rings. The number of unbranched alkanes of at least 4 members (excludes halogenated alkanes) is 2. The highest BCUT2D eigenvalue weighted by atomic mass is 16.3. The van der Waals surface area contributed by atoms with Crippen molar-refractivity contribution in [3.05, 3.63) is 0 Å². The Bertz CT molecular complexity index is 83.6. The van der Waals surface area contributed by atoms with E-state index in [1.165, 1.54) is 19.3 Å². The van der Waals surface area contributed by atoms with Gasteiger partial charge in [0.2, 0.25) is 0 Å². The van der Waals surface area contributed by atoms with Gasteiger partial charge in [-0.25, -0.2) is 0 Å². The molecule has 0 radical (unpaired) electrons. The average molecular weight is 159 g/mol. The van der Waals surface area contributed by atoms with Gasteiger partial charge in [0.25, 0.3) is 0 Å². The van der Waals surface area contributed by atoms with E-state index in [9.17, 15) is 0 Å². The van der Waals surface area contributed by atoms with Gasteiger partial charge in [-0.3, -0.25) is 0 Å². The zero-order chi connectivity index (χ0) is 8.69. The van der Waals surface area contributed by atoms with E-state index in [1.54, 1.807) is 0 Å². The summed E-state index contributed by atoms with van der Waals surface area (Å²) >= 11 is 0. The van der Waals surface area contributed by atoms with Crippen molar-refractivity contribution < 1.29 is 5.11 Å². The summed E-state index contributed by atoms with van der Waals surface area (Å²) in [5.74, 6) is 0. The molecule has 0 saturated heterocycles. The molecule has 0 aromatic heterocycles. The molecule has 11 heavy (non-hydrogen) atoms. The van der Waals surface area contributed by atoms with Crippen molar-refractivity contribution in [2.24, 2.45) is 0 Å². The quantitative estimate of drug-likeness (QED) is 0.576. The maximum Gasteiger partial charge on any atom is 0.0662 e. The topological polar surface area (TPSA) is 32.3 Å². The molecular formula is C9H21NO. The largest absolute Gasteiger partial charge is 0.392 e. The molecule has 68 valence electrons. The molecule has 2 atom stereocenters. The summed E-state index contributed by atoms with van der Waals surface area (Å²) in [4.78, 5) is 0. The summed E-state index contributed by atoms with van der Waals surface area (Å²) < 4.78 is 0. The standard InChI is InChI=1S/C9H21NO/c1-4-5-6-7-10-8(2)9(3)11/h8-11H,4-7H2,1-3H3/t8-,9?/m1/s1. The Morgan fingerprint density at radius 2 is 1.91 bits per heavy atom. The van der Waals surface area contributed by atoms with Gasteiger partial charge in [0.05, 0.1) is 6.10 Å². The van der Waals surface area contributed by atoms with Crippen LogP contribution in [0.25, 0.3) is 0 Å². The fraction of sp³-hybridized carbons (Fsp3) is 1.00. The van der Waals surface area contributed by atoms with Gasteiger partial charge in [-0.1, -0.05) is 19.8 Å². The van der Waals surface area contributed by atoms with Crippen LogP contribution in [0.2, 0.25) is 0 Å². The van der Waals surface area contributed by atoms with Crippen molar-refractivity contribution >= 4 is 0 Å². The highest BCUT2D eigenvalue weighted by Crippen LogP contribution is 1.94. The van der Waals surface area contributed by atoms with Crippen LogP contribution >= 0.6 is 0 Å². The SMILES string of the molecule is CCCCCN[C@H](C)C(C)O. The molecular weight excluding hydrogens is 138 g/mol. The van der Waals surface area contributed by atoms with E-state index in [2.05, 4.69) is 12.2 Å². The maximum atomic E-state index is 9.11. The summed E-state index contributed by atoms with van der Waals surface area (Å²) in [5, 5.41) is 12.4. The van der Waals surface area contributed by atoms with Gasteiger partial charge in [-0.15, -0.1) is 0 Å². The molecule has 0 aromatic carbocycles. The highest BCUT2D eigenvalue weighted by molar-refractivity contribution is 4.65. The lowest BCUT2D eigenvalue weighted by Crippen LogP contribution is -2.35. The third-order valence-electron chi connectivity index (χ3n) is 1.97. The fourth-order valence-electron chi connectivity index (χ4n) is 0.875. The zero-order valence-electron chi connectivity index (χ0n) is 7.93.